The number of hydrogen-bond acceptors (Lipinski definition) is 5. The molecule has 1 heterocycles. The summed E-state index contributed by atoms with van der Waals surface area (Å²) in [5.41, 5.74) is 1.79. The van der Waals surface area contributed by atoms with Crippen molar-refractivity contribution in [2.24, 2.45) is 0 Å². The number of thiazole rings is 1. The van der Waals surface area contributed by atoms with Gasteiger partial charge in [-0.05, 0) is 42.3 Å². The van der Waals surface area contributed by atoms with Crippen LogP contribution >= 0.6 is 11.3 Å². The standard InChI is InChI=1S/C23H27N3O3S2/c1-3-26(4-2)31(28,29)19-14-11-18(12-15-19)13-16-22(27)24-17-7-10-23-25-20-8-5-6-9-21(20)30-23/h5-6,8-9,11-16H,3-4,7,10,17H2,1-2H3,(H,24,27)/b16-13+. The molecule has 0 saturated carbocycles. The summed E-state index contributed by atoms with van der Waals surface area (Å²) in [5, 5.41) is 3.95. The summed E-state index contributed by atoms with van der Waals surface area (Å²) in [6.45, 7) is 5.06. The monoisotopic (exact) mass is 457 g/mol. The summed E-state index contributed by atoms with van der Waals surface area (Å²) in [6.07, 6.45) is 4.78. The molecule has 8 heteroatoms. The Bertz CT molecular complexity index is 1120. The minimum Gasteiger partial charge on any atom is -0.353 e. The zero-order chi connectivity index (χ0) is 22.3. The fourth-order valence-corrected chi connectivity index (χ4v) is 5.64. The van der Waals surface area contributed by atoms with E-state index in [-0.39, 0.29) is 10.8 Å². The Morgan fingerprint density at radius 1 is 1.10 bits per heavy atom. The van der Waals surface area contributed by atoms with Crippen LogP contribution in [0.4, 0.5) is 0 Å². The van der Waals surface area contributed by atoms with E-state index in [2.05, 4.69) is 16.4 Å². The predicted molar refractivity (Wildman–Crippen MR) is 127 cm³/mol. The van der Waals surface area contributed by atoms with Crippen molar-refractivity contribution < 1.29 is 13.2 Å². The molecule has 0 bridgehead atoms. The third kappa shape index (κ3) is 6.00. The maximum atomic E-state index is 12.5. The molecule has 0 aliphatic rings. The molecule has 0 unspecified atom stereocenters. The number of aromatic nitrogens is 1. The van der Waals surface area contributed by atoms with Crippen LogP contribution < -0.4 is 5.32 Å². The van der Waals surface area contributed by atoms with Gasteiger partial charge in [-0.1, -0.05) is 38.1 Å². The number of rotatable bonds is 10. The van der Waals surface area contributed by atoms with E-state index in [1.165, 1.54) is 15.1 Å². The number of aryl methyl sites for hydroxylation is 1. The van der Waals surface area contributed by atoms with E-state index >= 15 is 0 Å². The number of carbonyl (C=O) groups is 1. The van der Waals surface area contributed by atoms with Gasteiger partial charge in [0.2, 0.25) is 15.9 Å². The molecule has 0 spiro atoms. The predicted octanol–water partition coefficient (Wildman–Crippen LogP) is 4.09. The Labute approximate surface area is 187 Å². The second-order valence-electron chi connectivity index (χ2n) is 6.96. The number of benzene rings is 2. The summed E-state index contributed by atoms with van der Waals surface area (Å²) in [7, 11) is -3.47. The highest BCUT2D eigenvalue weighted by Crippen LogP contribution is 2.22. The number of nitrogens with zero attached hydrogens (tertiary/aromatic N) is 2. The zero-order valence-corrected chi connectivity index (χ0v) is 19.4. The molecule has 0 radical (unpaired) electrons. The molecule has 1 aromatic heterocycles. The van der Waals surface area contributed by atoms with Crippen molar-refractivity contribution in [1.29, 1.82) is 0 Å². The van der Waals surface area contributed by atoms with E-state index < -0.39 is 10.0 Å². The van der Waals surface area contributed by atoms with Gasteiger partial charge in [0, 0.05) is 32.1 Å². The first-order valence-corrected chi connectivity index (χ1v) is 12.6. The third-order valence-electron chi connectivity index (χ3n) is 4.86. The minimum atomic E-state index is -3.47. The van der Waals surface area contributed by atoms with Crippen LogP contribution in [-0.2, 0) is 21.2 Å². The normalized spacial score (nSPS) is 12.1. The molecular weight excluding hydrogens is 430 g/mol. The van der Waals surface area contributed by atoms with Crippen molar-refractivity contribution in [3.05, 3.63) is 65.2 Å². The molecule has 2 aromatic carbocycles. The summed E-state index contributed by atoms with van der Waals surface area (Å²) >= 11 is 1.69. The second-order valence-corrected chi connectivity index (χ2v) is 10.0. The quantitative estimate of drug-likeness (QED) is 0.367. The molecule has 0 saturated heterocycles. The minimum absolute atomic E-state index is 0.177. The van der Waals surface area contributed by atoms with E-state index in [4.69, 9.17) is 0 Å². The van der Waals surface area contributed by atoms with Gasteiger partial charge in [-0.3, -0.25) is 4.79 Å². The smallest absolute Gasteiger partial charge is 0.243 e. The zero-order valence-electron chi connectivity index (χ0n) is 17.7. The summed E-state index contributed by atoms with van der Waals surface area (Å²) in [6, 6.07) is 14.6. The molecule has 0 fully saturated rings. The molecule has 31 heavy (non-hydrogen) atoms. The third-order valence-corrected chi connectivity index (χ3v) is 8.02. The van der Waals surface area contributed by atoms with Crippen LogP contribution in [0.1, 0.15) is 30.8 Å². The lowest BCUT2D eigenvalue weighted by Gasteiger charge is -2.18. The molecule has 0 aliphatic heterocycles. The molecule has 1 N–H and O–H groups in total. The van der Waals surface area contributed by atoms with Crippen molar-refractivity contribution in [3.63, 3.8) is 0 Å². The highest BCUT2D eigenvalue weighted by Gasteiger charge is 2.20. The average Bonchev–Trinajstić information content (AvgIpc) is 3.19. The first-order chi connectivity index (χ1) is 14.9. The van der Waals surface area contributed by atoms with Crippen LogP contribution in [0.25, 0.3) is 16.3 Å². The number of para-hydroxylation sites is 1. The first-order valence-electron chi connectivity index (χ1n) is 10.3. The number of hydrogen-bond donors (Lipinski definition) is 1. The Kier molecular flexibility index (Phi) is 7.95. The Hall–Kier alpha value is -2.55. The van der Waals surface area contributed by atoms with E-state index in [1.807, 2.05) is 32.0 Å². The largest absolute Gasteiger partial charge is 0.353 e. The Morgan fingerprint density at radius 3 is 2.48 bits per heavy atom. The van der Waals surface area contributed by atoms with Gasteiger partial charge >= 0.3 is 0 Å². The average molecular weight is 458 g/mol. The molecule has 3 rings (SSSR count). The van der Waals surface area contributed by atoms with E-state index in [9.17, 15) is 13.2 Å². The van der Waals surface area contributed by atoms with Crippen molar-refractivity contribution in [3.8, 4) is 0 Å². The SMILES string of the molecule is CCN(CC)S(=O)(=O)c1ccc(/C=C/C(=O)NCCCc2nc3ccccc3s2)cc1. The number of fused-ring (bicyclic) bond motifs is 1. The van der Waals surface area contributed by atoms with Gasteiger partial charge in [-0.15, -0.1) is 11.3 Å². The molecule has 0 aliphatic carbocycles. The number of amides is 1. The van der Waals surface area contributed by atoms with Crippen LogP contribution in [0.3, 0.4) is 0 Å². The van der Waals surface area contributed by atoms with Gasteiger partial charge in [-0.2, -0.15) is 4.31 Å². The number of sulfonamides is 1. The number of carbonyl (C=O) groups excluding carboxylic acids is 1. The first kappa shape index (κ1) is 23.1. The molecular formula is C23H27N3O3S2. The summed E-state index contributed by atoms with van der Waals surface area (Å²) in [5.74, 6) is -0.177. The van der Waals surface area contributed by atoms with E-state index in [0.29, 0.717) is 19.6 Å². The molecule has 1 amide bonds. The lowest BCUT2D eigenvalue weighted by Crippen LogP contribution is -2.30. The molecule has 0 atom stereocenters. The highest BCUT2D eigenvalue weighted by molar-refractivity contribution is 7.89. The summed E-state index contributed by atoms with van der Waals surface area (Å²) in [4.78, 5) is 16.9. The van der Waals surface area contributed by atoms with Gasteiger partial charge in [-0.25, -0.2) is 13.4 Å². The topological polar surface area (TPSA) is 79.4 Å². The van der Waals surface area contributed by atoms with E-state index in [1.54, 1.807) is 41.7 Å². The highest BCUT2D eigenvalue weighted by atomic mass is 32.2. The van der Waals surface area contributed by atoms with Crippen molar-refractivity contribution >= 4 is 43.6 Å². The van der Waals surface area contributed by atoms with E-state index in [0.717, 1.165) is 28.9 Å². The molecule has 164 valence electrons. The van der Waals surface area contributed by atoms with Crippen LogP contribution in [0.5, 0.6) is 0 Å². The number of nitrogens with one attached hydrogen (secondary N) is 1. The maximum Gasteiger partial charge on any atom is 0.243 e. The fraction of sp³-hybridized carbons (Fsp3) is 0.304. The molecule has 3 aromatic rings. The van der Waals surface area contributed by atoms with Crippen molar-refractivity contribution in [1.82, 2.24) is 14.6 Å². The van der Waals surface area contributed by atoms with Crippen LogP contribution in [0.2, 0.25) is 0 Å². The van der Waals surface area contributed by atoms with Crippen LogP contribution in [-0.4, -0.2) is 43.2 Å². The lowest BCUT2D eigenvalue weighted by molar-refractivity contribution is -0.116. The lowest BCUT2D eigenvalue weighted by atomic mass is 10.2. The van der Waals surface area contributed by atoms with Gasteiger partial charge in [0.15, 0.2) is 0 Å². The summed E-state index contributed by atoms with van der Waals surface area (Å²) < 4.78 is 27.6. The second kappa shape index (κ2) is 10.7. The van der Waals surface area contributed by atoms with Crippen molar-refractivity contribution in [2.75, 3.05) is 19.6 Å². The molecule has 6 nitrogen and oxygen atoms in total. The van der Waals surface area contributed by atoms with Crippen LogP contribution in [0.15, 0.2) is 59.5 Å². The van der Waals surface area contributed by atoms with Gasteiger partial charge in [0.25, 0.3) is 0 Å². The van der Waals surface area contributed by atoms with Crippen LogP contribution in [0, 0.1) is 0 Å². The fourth-order valence-electron chi connectivity index (χ4n) is 3.17. The Balaban J connectivity index is 1.47. The van der Waals surface area contributed by atoms with Gasteiger partial charge < -0.3 is 5.32 Å². The van der Waals surface area contributed by atoms with Gasteiger partial charge in [0.1, 0.15) is 0 Å². The van der Waals surface area contributed by atoms with Crippen molar-refractivity contribution in [2.45, 2.75) is 31.6 Å². The maximum absolute atomic E-state index is 12.5. The van der Waals surface area contributed by atoms with Gasteiger partial charge in [0.05, 0.1) is 20.1 Å². The Morgan fingerprint density at radius 2 is 1.81 bits per heavy atom.